The molecular weight excluding hydrogens is 396 g/mol. The van der Waals surface area contributed by atoms with Gasteiger partial charge in [-0.05, 0) is 48.7 Å². The summed E-state index contributed by atoms with van der Waals surface area (Å²) in [4.78, 5) is 44.7. The molecule has 0 aliphatic carbocycles. The number of nitro benzene ring substituents is 1. The average Bonchev–Trinajstić information content (AvgIpc) is 2.67. The van der Waals surface area contributed by atoms with Crippen molar-refractivity contribution >= 4 is 23.7 Å². The van der Waals surface area contributed by atoms with E-state index in [9.17, 15) is 29.6 Å². The number of nitrogens with one attached hydrogen (secondary N) is 1. The normalized spacial score (nSPS) is 11.3. The van der Waals surface area contributed by atoms with Gasteiger partial charge in [-0.25, -0.2) is 9.59 Å². The smallest absolute Gasteiger partial charge is 0.480 e. The van der Waals surface area contributed by atoms with Crippen molar-refractivity contribution in [3.8, 4) is 11.5 Å². The topological polar surface area (TPSA) is 145 Å². The molecule has 2 aromatic carbocycles. The fourth-order valence-electron chi connectivity index (χ4n) is 2.69. The van der Waals surface area contributed by atoms with Gasteiger partial charge in [0, 0.05) is 25.5 Å². The second-order valence-corrected chi connectivity index (χ2v) is 6.47. The van der Waals surface area contributed by atoms with Gasteiger partial charge in [-0.2, -0.15) is 0 Å². The molecule has 0 aromatic heterocycles. The highest BCUT2D eigenvalue weighted by Gasteiger charge is 2.21. The number of carbonyl (C=O) groups excluding carboxylic acids is 2. The van der Waals surface area contributed by atoms with Crippen LogP contribution < -0.4 is 14.8 Å². The van der Waals surface area contributed by atoms with Crippen LogP contribution in [-0.2, 0) is 16.0 Å². The van der Waals surface area contributed by atoms with Crippen molar-refractivity contribution in [3.63, 3.8) is 0 Å². The minimum atomic E-state index is -1.16. The van der Waals surface area contributed by atoms with E-state index in [1.54, 1.807) is 19.9 Å². The number of nitrogens with zero attached hydrogens (tertiary/aromatic N) is 1. The van der Waals surface area contributed by atoms with Gasteiger partial charge in [-0.15, -0.1) is 0 Å². The lowest BCUT2D eigenvalue weighted by Gasteiger charge is -2.17. The van der Waals surface area contributed by atoms with Gasteiger partial charge in [-0.3, -0.25) is 14.9 Å². The number of non-ortho nitro benzene ring substituents is 1. The van der Waals surface area contributed by atoms with Crippen molar-refractivity contribution in [2.24, 2.45) is 0 Å². The van der Waals surface area contributed by atoms with Crippen LogP contribution in [0.4, 0.5) is 10.5 Å². The molecule has 1 atom stereocenters. The van der Waals surface area contributed by atoms with E-state index in [0.29, 0.717) is 16.7 Å². The van der Waals surface area contributed by atoms with E-state index in [4.69, 9.17) is 9.47 Å². The molecule has 158 valence electrons. The third kappa shape index (κ3) is 5.77. The van der Waals surface area contributed by atoms with E-state index >= 15 is 0 Å². The Morgan fingerprint density at radius 2 is 1.70 bits per heavy atom. The van der Waals surface area contributed by atoms with Crippen molar-refractivity contribution in [1.29, 1.82) is 0 Å². The summed E-state index contributed by atoms with van der Waals surface area (Å²) < 4.78 is 10.2. The number of hydrogen-bond donors (Lipinski definition) is 2. The number of carbonyl (C=O) groups is 3. The summed E-state index contributed by atoms with van der Waals surface area (Å²) in [6.07, 6.45) is -0.962. The zero-order valence-corrected chi connectivity index (χ0v) is 16.5. The predicted molar refractivity (Wildman–Crippen MR) is 105 cm³/mol. The Labute approximate surface area is 171 Å². The highest BCUT2D eigenvalue weighted by Crippen LogP contribution is 2.26. The first-order valence-corrected chi connectivity index (χ1v) is 8.81. The maximum absolute atomic E-state index is 12.0. The highest BCUT2D eigenvalue weighted by molar-refractivity contribution is 5.82. The van der Waals surface area contributed by atoms with E-state index < -0.39 is 29.0 Å². The average molecular weight is 416 g/mol. The molecule has 2 N–H and O–H groups in total. The molecule has 0 bridgehead atoms. The van der Waals surface area contributed by atoms with Crippen LogP contribution in [0.15, 0.2) is 36.4 Å². The SMILES string of the molecule is CC(=O)N[C@@H](Cc1ccc(OC(=O)Oc2ccc([N+](=O)[O-])cc2)c(C)c1C)C(=O)O. The minimum absolute atomic E-state index is 0.0646. The zero-order chi connectivity index (χ0) is 22.4. The summed E-state index contributed by atoms with van der Waals surface area (Å²) in [6.45, 7) is 4.68. The fourth-order valence-corrected chi connectivity index (χ4v) is 2.69. The summed E-state index contributed by atoms with van der Waals surface area (Å²) in [5.74, 6) is -1.31. The monoisotopic (exact) mass is 416 g/mol. The summed E-state index contributed by atoms with van der Waals surface area (Å²) in [6, 6.07) is 6.96. The Morgan fingerprint density at radius 3 is 2.23 bits per heavy atom. The van der Waals surface area contributed by atoms with Crippen molar-refractivity contribution in [1.82, 2.24) is 5.32 Å². The van der Waals surface area contributed by atoms with Crippen molar-refractivity contribution in [3.05, 3.63) is 63.2 Å². The lowest BCUT2D eigenvalue weighted by molar-refractivity contribution is -0.384. The number of aliphatic carboxylic acids is 1. The van der Waals surface area contributed by atoms with Gasteiger partial charge < -0.3 is 19.9 Å². The zero-order valence-electron chi connectivity index (χ0n) is 16.5. The lowest BCUT2D eigenvalue weighted by atomic mass is 9.97. The molecule has 1 amide bonds. The molecule has 30 heavy (non-hydrogen) atoms. The molecule has 10 heteroatoms. The molecule has 0 aliphatic heterocycles. The standard InChI is InChI=1S/C20H20N2O8/c1-11-12(2)18(9-4-14(11)10-17(19(24)25)21-13(3)23)30-20(26)29-16-7-5-15(6-8-16)22(27)28/h4-9,17H,10H2,1-3H3,(H,21,23)(H,24,25)/t17-/m0/s1. The van der Waals surface area contributed by atoms with Crippen LogP contribution in [0.1, 0.15) is 23.6 Å². The Kier molecular flexibility index (Phi) is 7.08. The van der Waals surface area contributed by atoms with Gasteiger partial charge in [0.25, 0.3) is 5.69 Å². The fraction of sp³-hybridized carbons (Fsp3) is 0.250. The van der Waals surface area contributed by atoms with Crippen LogP contribution in [0, 0.1) is 24.0 Å². The van der Waals surface area contributed by atoms with Crippen molar-refractivity contribution < 1.29 is 33.9 Å². The van der Waals surface area contributed by atoms with Crippen molar-refractivity contribution in [2.75, 3.05) is 0 Å². The predicted octanol–water partition coefficient (Wildman–Crippen LogP) is 2.92. The van der Waals surface area contributed by atoms with E-state index in [-0.39, 0.29) is 23.6 Å². The van der Waals surface area contributed by atoms with E-state index in [1.807, 2.05) is 0 Å². The van der Waals surface area contributed by atoms with Crippen LogP contribution in [0.25, 0.3) is 0 Å². The molecule has 0 saturated carbocycles. The van der Waals surface area contributed by atoms with Gasteiger partial charge in [0.05, 0.1) is 4.92 Å². The molecule has 0 aliphatic rings. The quantitative estimate of drug-likeness (QED) is 0.303. The van der Waals surface area contributed by atoms with E-state index in [2.05, 4.69) is 5.32 Å². The Morgan fingerprint density at radius 1 is 1.07 bits per heavy atom. The van der Waals surface area contributed by atoms with Crippen LogP contribution in [-0.4, -0.2) is 34.1 Å². The molecule has 0 saturated heterocycles. The van der Waals surface area contributed by atoms with Gasteiger partial charge in [0.2, 0.25) is 5.91 Å². The van der Waals surface area contributed by atoms with Gasteiger partial charge >= 0.3 is 12.1 Å². The Hall–Kier alpha value is -3.95. The number of benzene rings is 2. The van der Waals surface area contributed by atoms with E-state index in [1.165, 1.54) is 37.3 Å². The molecule has 10 nitrogen and oxygen atoms in total. The molecule has 2 rings (SSSR count). The molecule has 2 aromatic rings. The number of carboxylic acids is 1. The van der Waals surface area contributed by atoms with E-state index in [0.717, 1.165) is 0 Å². The first-order valence-electron chi connectivity index (χ1n) is 8.81. The molecule has 0 unspecified atom stereocenters. The maximum Gasteiger partial charge on any atom is 0.519 e. The molecule has 0 fully saturated rings. The van der Waals surface area contributed by atoms with Gasteiger partial charge in [0.1, 0.15) is 17.5 Å². The molecule has 0 radical (unpaired) electrons. The van der Waals surface area contributed by atoms with Gasteiger partial charge in [0.15, 0.2) is 0 Å². The van der Waals surface area contributed by atoms with Crippen LogP contribution in [0.2, 0.25) is 0 Å². The van der Waals surface area contributed by atoms with Crippen LogP contribution in [0.3, 0.4) is 0 Å². The molecule has 0 heterocycles. The third-order valence-electron chi connectivity index (χ3n) is 4.39. The number of amides is 1. The second kappa shape index (κ2) is 9.50. The Balaban J connectivity index is 2.10. The summed E-state index contributed by atoms with van der Waals surface area (Å²) in [5, 5.41) is 22.3. The summed E-state index contributed by atoms with van der Waals surface area (Å²) in [7, 11) is 0. The highest BCUT2D eigenvalue weighted by atomic mass is 16.7. The lowest BCUT2D eigenvalue weighted by Crippen LogP contribution is -2.41. The maximum atomic E-state index is 12.0. The largest absolute Gasteiger partial charge is 0.519 e. The molecule has 0 spiro atoms. The first-order chi connectivity index (χ1) is 14.1. The number of rotatable bonds is 7. The number of ether oxygens (including phenoxy) is 2. The number of nitro groups is 1. The summed E-state index contributed by atoms with van der Waals surface area (Å²) >= 11 is 0. The molecular formula is C20H20N2O8. The van der Waals surface area contributed by atoms with Crippen LogP contribution in [0.5, 0.6) is 11.5 Å². The van der Waals surface area contributed by atoms with Gasteiger partial charge in [-0.1, -0.05) is 6.07 Å². The van der Waals surface area contributed by atoms with Crippen LogP contribution >= 0.6 is 0 Å². The minimum Gasteiger partial charge on any atom is -0.480 e. The number of hydrogen-bond acceptors (Lipinski definition) is 7. The third-order valence-corrected chi connectivity index (χ3v) is 4.39. The summed E-state index contributed by atoms with van der Waals surface area (Å²) in [5.41, 5.74) is 1.83. The van der Waals surface area contributed by atoms with Crippen molar-refractivity contribution in [2.45, 2.75) is 33.2 Å². The second-order valence-electron chi connectivity index (χ2n) is 6.47. The first kappa shape index (κ1) is 22.3. The Bertz CT molecular complexity index is 985. The number of carboxylic acid groups (broad SMARTS) is 1.